The van der Waals surface area contributed by atoms with E-state index in [1.807, 2.05) is 72.8 Å². The topological polar surface area (TPSA) is 94.2 Å². The second kappa shape index (κ2) is 11.3. The Morgan fingerprint density at radius 2 is 0.960 bits per heavy atom. The van der Waals surface area contributed by atoms with Crippen LogP contribution in [0.25, 0.3) is 78.3 Å². The van der Waals surface area contributed by atoms with Gasteiger partial charge in [-0.15, -0.1) is 0 Å². The van der Waals surface area contributed by atoms with Crippen molar-refractivity contribution in [2.24, 2.45) is 0 Å². The van der Waals surface area contributed by atoms with Crippen LogP contribution >= 0.6 is 0 Å². The molecule has 10 aromatic rings. The monoisotopic (exact) mass is 647 g/mol. The molecule has 8 nitrogen and oxygen atoms in total. The predicted molar refractivity (Wildman–Crippen MR) is 195 cm³/mol. The molecule has 10 rings (SSSR count). The zero-order chi connectivity index (χ0) is 33.0. The molecule has 4 heterocycles. The summed E-state index contributed by atoms with van der Waals surface area (Å²) in [5.74, 6) is 1.18. The third-order valence-corrected chi connectivity index (χ3v) is 8.93. The minimum Gasteiger partial charge on any atom is -0.453 e. The van der Waals surface area contributed by atoms with Gasteiger partial charge in [0.1, 0.15) is 28.5 Å². The number of para-hydroxylation sites is 4. The van der Waals surface area contributed by atoms with Crippen LogP contribution in [0.5, 0.6) is 0 Å². The van der Waals surface area contributed by atoms with Crippen LogP contribution in [-0.2, 0) is 0 Å². The van der Waals surface area contributed by atoms with Crippen molar-refractivity contribution in [2.75, 3.05) is 4.90 Å². The lowest BCUT2D eigenvalue weighted by atomic mass is 10.0. The summed E-state index contributed by atoms with van der Waals surface area (Å²) >= 11 is 0. The Morgan fingerprint density at radius 3 is 1.52 bits per heavy atom. The van der Waals surface area contributed by atoms with Crippen LogP contribution in [0.4, 0.5) is 17.1 Å². The SMILES string of the molecule is c1ccc2oc(-c3ccc(N(c4ccc(-c5ccc6c(c5)oc5cncnc56)cc4)c4ccc(-c5nc6ccccc6o5)cc4)cc3)nc2c1. The van der Waals surface area contributed by atoms with Crippen LogP contribution in [0.15, 0.2) is 165 Å². The van der Waals surface area contributed by atoms with E-state index in [2.05, 4.69) is 91.6 Å². The predicted octanol–water partition coefficient (Wildman–Crippen LogP) is 11.1. The Labute approximate surface area is 284 Å². The number of anilines is 3. The molecule has 50 heavy (non-hydrogen) atoms. The molecule has 4 aromatic heterocycles. The molecule has 0 radical (unpaired) electrons. The molecule has 236 valence electrons. The molecule has 0 unspecified atom stereocenters. The molecule has 0 aliphatic carbocycles. The highest BCUT2D eigenvalue weighted by atomic mass is 16.4. The molecule has 0 aliphatic heterocycles. The molecule has 0 bridgehead atoms. The lowest BCUT2D eigenvalue weighted by Crippen LogP contribution is -2.09. The fourth-order valence-corrected chi connectivity index (χ4v) is 6.44. The average molecular weight is 648 g/mol. The van der Waals surface area contributed by atoms with E-state index in [1.54, 1.807) is 12.5 Å². The smallest absolute Gasteiger partial charge is 0.227 e. The zero-order valence-corrected chi connectivity index (χ0v) is 26.4. The van der Waals surface area contributed by atoms with Crippen LogP contribution in [0.1, 0.15) is 0 Å². The first kappa shape index (κ1) is 28.0. The lowest BCUT2D eigenvalue weighted by Gasteiger charge is -2.26. The second-order valence-electron chi connectivity index (χ2n) is 12.0. The van der Waals surface area contributed by atoms with Gasteiger partial charge in [-0.2, -0.15) is 0 Å². The average Bonchev–Trinajstić information content (AvgIpc) is 3.91. The fraction of sp³-hybridized carbons (Fsp3) is 0. The number of aromatic nitrogens is 4. The molecule has 0 amide bonds. The van der Waals surface area contributed by atoms with E-state index in [0.717, 1.165) is 78.0 Å². The Bertz CT molecular complexity index is 2630. The number of oxazole rings is 2. The summed E-state index contributed by atoms with van der Waals surface area (Å²) < 4.78 is 18.1. The van der Waals surface area contributed by atoms with Gasteiger partial charge >= 0.3 is 0 Å². The first-order valence-electron chi connectivity index (χ1n) is 16.2. The minimum atomic E-state index is 0.588. The Hall–Kier alpha value is -7.06. The molecule has 0 N–H and O–H groups in total. The number of benzene rings is 6. The van der Waals surface area contributed by atoms with Crippen LogP contribution < -0.4 is 4.90 Å². The Morgan fingerprint density at radius 1 is 0.440 bits per heavy atom. The second-order valence-corrected chi connectivity index (χ2v) is 12.0. The molecule has 0 saturated heterocycles. The van der Waals surface area contributed by atoms with Crippen molar-refractivity contribution in [1.29, 1.82) is 0 Å². The lowest BCUT2D eigenvalue weighted by molar-refractivity contribution is 0.619. The molecule has 6 aromatic carbocycles. The molecule has 0 saturated carbocycles. The van der Waals surface area contributed by atoms with E-state index in [-0.39, 0.29) is 0 Å². The van der Waals surface area contributed by atoms with Crippen molar-refractivity contribution >= 4 is 61.3 Å². The number of furan rings is 1. The summed E-state index contributed by atoms with van der Waals surface area (Å²) in [7, 11) is 0. The largest absolute Gasteiger partial charge is 0.453 e. The molecule has 0 atom stereocenters. The molecular formula is C42H25N5O3. The summed E-state index contributed by atoms with van der Waals surface area (Å²) in [6.45, 7) is 0. The third-order valence-electron chi connectivity index (χ3n) is 8.93. The highest BCUT2D eigenvalue weighted by molar-refractivity contribution is 6.03. The van der Waals surface area contributed by atoms with Gasteiger partial charge in [-0.05, 0) is 108 Å². The van der Waals surface area contributed by atoms with E-state index in [4.69, 9.17) is 13.3 Å². The molecule has 0 fully saturated rings. The van der Waals surface area contributed by atoms with Crippen molar-refractivity contribution in [2.45, 2.75) is 0 Å². The number of fused-ring (bicyclic) bond motifs is 5. The normalized spacial score (nSPS) is 11.6. The van der Waals surface area contributed by atoms with Crippen LogP contribution in [-0.4, -0.2) is 19.9 Å². The summed E-state index contributed by atoms with van der Waals surface area (Å²) in [5.41, 5.74) is 12.4. The molecule has 8 heteroatoms. The first-order valence-corrected chi connectivity index (χ1v) is 16.2. The zero-order valence-electron chi connectivity index (χ0n) is 26.4. The minimum absolute atomic E-state index is 0.588. The summed E-state index contributed by atoms with van der Waals surface area (Å²) in [5, 5.41) is 0.969. The highest BCUT2D eigenvalue weighted by Gasteiger charge is 2.17. The van der Waals surface area contributed by atoms with Gasteiger partial charge in [0.15, 0.2) is 16.7 Å². The molecule has 0 spiro atoms. The van der Waals surface area contributed by atoms with Crippen molar-refractivity contribution in [3.8, 4) is 34.0 Å². The number of hydrogen-bond acceptors (Lipinski definition) is 8. The number of nitrogens with zero attached hydrogens (tertiary/aromatic N) is 5. The number of rotatable bonds is 6. The van der Waals surface area contributed by atoms with E-state index in [9.17, 15) is 0 Å². The van der Waals surface area contributed by atoms with E-state index >= 15 is 0 Å². The van der Waals surface area contributed by atoms with Gasteiger partial charge in [-0.1, -0.05) is 42.5 Å². The van der Waals surface area contributed by atoms with Gasteiger partial charge in [-0.25, -0.2) is 19.9 Å². The van der Waals surface area contributed by atoms with Crippen molar-refractivity contribution < 1.29 is 13.3 Å². The maximum absolute atomic E-state index is 6.05. The van der Waals surface area contributed by atoms with Crippen LogP contribution in [0.2, 0.25) is 0 Å². The van der Waals surface area contributed by atoms with Gasteiger partial charge in [0.05, 0.1) is 6.20 Å². The van der Waals surface area contributed by atoms with E-state index in [1.165, 1.54) is 0 Å². The van der Waals surface area contributed by atoms with Crippen LogP contribution in [0, 0.1) is 0 Å². The van der Waals surface area contributed by atoms with E-state index < -0.39 is 0 Å². The van der Waals surface area contributed by atoms with Crippen molar-refractivity contribution in [1.82, 2.24) is 19.9 Å². The highest BCUT2D eigenvalue weighted by Crippen LogP contribution is 2.39. The Kier molecular flexibility index (Phi) is 6.32. The van der Waals surface area contributed by atoms with E-state index in [0.29, 0.717) is 17.4 Å². The van der Waals surface area contributed by atoms with Gasteiger partial charge in [-0.3, -0.25) is 0 Å². The van der Waals surface area contributed by atoms with Crippen molar-refractivity contribution in [3.05, 3.63) is 152 Å². The maximum atomic E-state index is 6.05. The standard InChI is InChI=1S/C42H25N5O3/c1-3-7-36-34(5-1)45-41(49-36)27-11-18-31(19-12-27)47(32-20-13-28(14-21-32)42-46-35-6-2-4-8-37(35)50-42)30-16-9-26(10-17-30)29-15-22-33-38(23-29)48-39-24-43-25-44-40(33)39/h1-25H. The van der Waals surface area contributed by atoms with Gasteiger partial charge in [0.25, 0.3) is 0 Å². The summed E-state index contributed by atoms with van der Waals surface area (Å²) in [6, 6.07) is 46.9. The summed E-state index contributed by atoms with van der Waals surface area (Å²) in [6.07, 6.45) is 3.24. The van der Waals surface area contributed by atoms with Gasteiger partial charge < -0.3 is 18.2 Å². The Balaban J connectivity index is 1.02. The number of hydrogen-bond donors (Lipinski definition) is 0. The maximum Gasteiger partial charge on any atom is 0.227 e. The summed E-state index contributed by atoms with van der Waals surface area (Å²) in [4.78, 5) is 20.1. The third kappa shape index (κ3) is 4.78. The molecular weight excluding hydrogens is 622 g/mol. The fourth-order valence-electron chi connectivity index (χ4n) is 6.44. The van der Waals surface area contributed by atoms with Gasteiger partial charge in [0.2, 0.25) is 11.8 Å². The first-order chi connectivity index (χ1) is 24.7. The van der Waals surface area contributed by atoms with Crippen molar-refractivity contribution in [3.63, 3.8) is 0 Å². The quantitative estimate of drug-likeness (QED) is 0.176. The molecule has 0 aliphatic rings. The van der Waals surface area contributed by atoms with Crippen LogP contribution in [0.3, 0.4) is 0 Å². The van der Waals surface area contributed by atoms with Gasteiger partial charge in [0, 0.05) is 33.6 Å².